The molecule has 0 bridgehead atoms. The fourth-order valence-corrected chi connectivity index (χ4v) is 3.44. The van der Waals surface area contributed by atoms with Crippen LogP contribution in [0.1, 0.15) is 0 Å². The molecule has 21 heavy (non-hydrogen) atoms. The van der Waals surface area contributed by atoms with E-state index in [9.17, 15) is 0 Å². The summed E-state index contributed by atoms with van der Waals surface area (Å²) in [6.07, 6.45) is 0. The molecule has 0 saturated carbocycles. The molecule has 0 radical (unpaired) electrons. The molecule has 1 fully saturated rings. The fourth-order valence-electron chi connectivity index (χ4n) is 2.34. The first-order valence-corrected chi connectivity index (χ1v) is 8.00. The third-order valence-corrected chi connectivity index (χ3v) is 4.69. The Balaban J connectivity index is 0.00000161. The second-order valence-electron chi connectivity index (χ2n) is 4.76. The lowest BCUT2D eigenvalue weighted by Crippen LogP contribution is -2.43. The van der Waals surface area contributed by atoms with E-state index in [0.29, 0.717) is 0 Å². The van der Waals surface area contributed by atoms with Crippen LogP contribution in [-0.2, 0) is 0 Å². The van der Waals surface area contributed by atoms with E-state index in [0.717, 1.165) is 31.2 Å². The second kappa shape index (κ2) is 7.95. The lowest BCUT2D eigenvalue weighted by Gasteiger charge is -2.30. The molecule has 112 valence electrons. The van der Waals surface area contributed by atoms with Gasteiger partial charge in [0.1, 0.15) is 0 Å². The van der Waals surface area contributed by atoms with E-state index in [1.165, 1.54) is 15.5 Å². The minimum Gasteiger partial charge on any atom is -0.368 e. The van der Waals surface area contributed by atoms with Crippen LogP contribution in [0, 0.1) is 0 Å². The van der Waals surface area contributed by atoms with Gasteiger partial charge >= 0.3 is 0 Å². The SMILES string of the molecule is Cl.Clc1ccc(Sc2ccccc2N2CCNCC2)cc1. The Kier molecular flexibility index (Phi) is 6.24. The van der Waals surface area contributed by atoms with Crippen molar-refractivity contribution < 1.29 is 0 Å². The van der Waals surface area contributed by atoms with E-state index in [1.807, 2.05) is 12.1 Å². The Morgan fingerprint density at radius 1 is 0.952 bits per heavy atom. The number of nitrogens with one attached hydrogen (secondary N) is 1. The van der Waals surface area contributed by atoms with Gasteiger partial charge in [-0.3, -0.25) is 0 Å². The highest BCUT2D eigenvalue weighted by Gasteiger charge is 2.14. The van der Waals surface area contributed by atoms with Crippen molar-refractivity contribution in [2.45, 2.75) is 9.79 Å². The van der Waals surface area contributed by atoms with Crippen molar-refractivity contribution in [3.8, 4) is 0 Å². The molecule has 2 aromatic rings. The zero-order valence-corrected chi connectivity index (χ0v) is 14.0. The highest BCUT2D eigenvalue weighted by Crippen LogP contribution is 2.35. The zero-order valence-electron chi connectivity index (χ0n) is 11.6. The summed E-state index contributed by atoms with van der Waals surface area (Å²) < 4.78 is 0. The van der Waals surface area contributed by atoms with Crippen LogP contribution in [0.2, 0.25) is 5.02 Å². The molecular formula is C16H18Cl2N2S. The van der Waals surface area contributed by atoms with Crippen molar-refractivity contribution in [1.82, 2.24) is 5.32 Å². The molecule has 1 heterocycles. The lowest BCUT2D eigenvalue weighted by atomic mass is 10.2. The molecule has 0 spiro atoms. The zero-order chi connectivity index (χ0) is 13.8. The predicted molar refractivity (Wildman–Crippen MR) is 94.3 cm³/mol. The minimum absolute atomic E-state index is 0. The van der Waals surface area contributed by atoms with Crippen LogP contribution in [0.4, 0.5) is 5.69 Å². The first-order valence-electron chi connectivity index (χ1n) is 6.81. The van der Waals surface area contributed by atoms with Crippen molar-refractivity contribution in [3.63, 3.8) is 0 Å². The highest BCUT2D eigenvalue weighted by atomic mass is 35.5. The third-order valence-electron chi connectivity index (χ3n) is 3.36. The van der Waals surface area contributed by atoms with Gasteiger partial charge in [-0.15, -0.1) is 12.4 Å². The molecule has 1 aliphatic heterocycles. The van der Waals surface area contributed by atoms with Gasteiger partial charge in [-0.25, -0.2) is 0 Å². The lowest BCUT2D eigenvalue weighted by molar-refractivity contribution is 0.587. The van der Waals surface area contributed by atoms with Gasteiger partial charge in [0.05, 0.1) is 5.69 Å². The number of para-hydroxylation sites is 1. The van der Waals surface area contributed by atoms with E-state index in [-0.39, 0.29) is 12.4 Å². The Morgan fingerprint density at radius 3 is 2.33 bits per heavy atom. The summed E-state index contributed by atoms with van der Waals surface area (Å²) in [5.41, 5.74) is 1.33. The van der Waals surface area contributed by atoms with Crippen molar-refractivity contribution in [3.05, 3.63) is 53.6 Å². The van der Waals surface area contributed by atoms with Crippen LogP contribution < -0.4 is 10.2 Å². The molecule has 1 saturated heterocycles. The minimum atomic E-state index is 0. The number of halogens is 2. The van der Waals surface area contributed by atoms with E-state index in [4.69, 9.17) is 11.6 Å². The Morgan fingerprint density at radius 2 is 1.62 bits per heavy atom. The molecule has 0 unspecified atom stereocenters. The molecule has 2 nitrogen and oxygen atoms in total. The maximum absolute atomic E-state index is 5.94. The van der Waals surface area contributed by atoms with Gasteiger partial charge in [-0.05, 0) is 36.4 Å². The maximum atomic E-state index is 5.94. The molecule has 5 heteroatoms. The van der Waals surface area contributed by atoms with Crippen molar-refractivity contribution >= 4 is 41.5 Å². The molecule has 0 aliphatic carbocycles. The first kappa shape index (κ1) is 16.5. The second-order valence-corrected chi connectivity index (χ2v) is 6.31. The van der Waals surface area contributed by atoms with E-state index in [1.54, 1.807) is 11.8 Å². The van der Waals surface area contributed by atoms with Gasteiger partial charge < -0.3 is 10.2 Å². The monoisotopic (exact) mass is 340 g/mol. The van der Waals surface area contributed by atoms with E-state index in [2.05, 4.69) is 46.6 Å². The van der Waals surface area contributed by atoms with Crippen LogP contribution >= 0.6 is 35.8 Å². The molecule has 0 amide bonds. The molecule has 1 aliphatic rings. The summed E-state index contributed by atoms with van der Waals surface area (Å²) in [5.74, 6) is 0. The van der Waals surface area contributed by atoms with Crippen molar-refractivity contribution in [2.75, 3.05) is 31.1 Å². The quantitative estimate of drug-likeness (QED) is 0.895. The topological polar surface area (TPSA) is 15.3 Å². The average Bonchev–Trinajstić information content (AvgIpc) is 2.51. The number of rotatable bonds is 3. The summed E-state index contributed by atoms with van der Waals surface area (Å²) in [6.45, 7) is 4.25. The fraction of sp³-hybridized carbons (Fsp3) is 0.250. The Bertz CT molecular complexity index is 569. The van der Waals surface area contributed by atoms with Gasteiger partial charge in [0.25, 0.3) is 0 Å². The van der Waals surface area contributed by atoms with Crippen molar-refractivity contribution in [2.24, 2.45) is 0 Å². The summed E-state index contributed by atoms with van der Waals surface area (Å²) >= 11 is 7.74. The van der Waals surface area contributed by atoms with Crippen LogP contribution in [0.3, 0.4) is 0 Å². The van der Waals surface area contributed by atoms with E-state index < -0.39 is 0 Å². The largest absolute Gasteiger partial charge is 0.368 e. The van der Waals surface area contributed by atoms with Gasteiger partial charge in [0.15, 0.2) is 0 Å². The van der Waals surface area contributed by atoms with Crippen molar-refractivity contribution in [1.29, 1.82) is 0 Å². The molecule has 0 aromatic heterocycles. The van der Waals surface area contributed by atoms with Crippen LogP contribution in [0.25, 0.3) is 0 Å². The standard InChI is InChI=1S/C16H17ClN2S.ClH/c17-13-5-7-14(8-6-13)20-16-4-2-1-3-15(16)19-11-9-18-10-12-19;/h1-8,18H,9-12H2;1H. The number of anilines is 1. The van der Waals surface area contributed by atoms with Crippen LogP contribution in [0.15, 0.2) is 58.3 Å². The number of benzene rings is 2. The third kappa shape index (κ3) is 4.30. The number of piperazine rings is 1. The summed E-state index contributed by atoms with van der Waals surface area (Å²) in [7, 11) is 0. The number of nitrogens with zero attached hydrogens (tertiary/aromatic N) is 1. The van der Waals surface area contributed by atoms with Gasteiger partial charge in [0.2, 0.25) is 0 Å². The summed E-state index contributed by atoms with van der Waals surface area (Å²) in [5, 5.41) is 4.18. The maximum Gasteiger partial charge on any atom is 0.0508 e. The predicted octanol–water partition coefficient (Wildman–Crippen LogP) is 4.32. The first-order chi connectivity index (χ1) is 9.83. The Labute approximate surface area is 141 Å². The van der Waals surface area contributed by atoms with Gasteiger partial charge in [-0.1, -0.05) is 35.5 Å². The van der Waals surface area contributed by atoms with Gasteiger partial charge in [-0.2, -0.15) is 0 Å². The normalized spacial score (nSPS) is 14.6. The Hall–Kier alpha value is -0.870. The molecule has 0 atom stereocenters. The molecule has 1 N–H and O–H groups in total. The molecule has 2 aromatic carbocycles. The summed E-state index contributed by atoms with van der Waals surface area (Å²) in [4.78, 5) is 4.98. The number of hydrogen-bond acceptors (Lipinski definition) is 3. The van der Waals surface area contributed by atoms with Gasteiger partial charge in [0, 0.05) is 41.0 Å². The van der Waals surface area contributed by atoms with E-state index >= 15 is 0 Å². The van der Waals surface area contributed by atoms with Crippen LogP contribution in [0.5, 0.6) is 0 Å². The molecule has 3 rings (SSSR count). The average molecular weight is 341 g/mol. The highest BCUT2D eigenvalue weighted by molar-refractivity contribution is 7.99. The number of hydrogen-bond donors (Lipinski definition) is 1. The van der Waals surface area contributed by atoms with Crippen LogP contribution in [-0.4, -0.2) is 26.2 Å². The smallest absolute Gasteiger partial charge is 0.0508 e. The summed E-state index contributed by atoms with van der Waals surface area (Å²) in [6, 6.07) is 16.6. The molecular weight excluding hydrogens is 323 g/mol.